The lowest BCUT2D eigenvalue weighted by Gasteiger charge is -2.37. The third kappa shape index (κ3) is 7.25. The van der Waals surface area contributed by atoms with Gasteiger partial charge >= 0.3 is 6.61 Å². The smallest absolute Gasteiger partial charge is 0.387 e. The molecular formula is C24H28F3N3O5. The predicted octanol–water partition coefficient (Wildman–Crippen LogP) is 3.10. The van der Waals surface area contributed by atoms with Crippen LogP contribution < -0.4 is 25.0 Å². The van der Waals surface area contributed by atoms with Gasteiger partial charge in [-0.3, -0.25) is 9.59 Å². The molecule has 0 aliphatic carbocycles. The summed E-state index contributed by atoms with van der Waals surface area (Å²) >= 11 is 0. The first kappa shape index (κ1) is 26.1. The molecule has 190 valence electrons. The quantitative estimate of drug-likeness (QED) is 0.556. The van der Waals surface area contributed by atoms with E-state index in [4.69, 9.17) is 9.47 Å². The van der Waals surface area contributed by atoms with Gasteiger partial charge in [0.05, 0.1) is 31.5 Å². The van der Waals surface area contributed by atoms with Gasteiger partial charge in [-0.15, -0.1) is 0 Å². The Morgan fingerprint density at radius 3 is 2.43 bits per heavy atom. The Bertz CT molecular complexity index is 1040. The van der Waals surface area contributed by atoms with Crippen LogP contribution in [0.15, 0.2) is 36.4 Å². The normalized spacial score (nSPS) is 17.7. The lowest BCUT2D eigenvalue weighted by molar-refractivity contribution is -0.120. The highest BCUT2D eigenvalue weighted by Crippen LogP contribution is 2.29. The molecule has 2 amide bonds. The molecule has 3 rings (SSSR count). The number of morpholine rings is 1. The molecule has 8 nitrogen and oxygen atoms in total. The van der Waals surface area contributed by atoms with Crippen molar-refractivity contribution in [3.05, 3.63) is 53.3 Å². The van der Waals surface area contributed by atoms with Crippen LogP contribution >= 0.6 is 0 Å². The number of hydrogen-bond donors (Lipinski definition) is 2. The predicted molar refractivity (Wildman–Crippen MR) is 122 cm³/mol. The zero-order valence-corrected chi connectivity index (χ0v) is 19.6. The van der Waals surface area contributed by atoms with Crippen molar-refractivity contribution in [1.82, 2.24) is 10.6 Å². The number of benzene rings is 2. The minimum absolute atomic E-state index is 0.00248. The molecule has 0 aromatic heterocycles. The van der Waals surface area contributed by atoms with Crippen LogP contribution in [-0.2, 0) is 16.1 Å². The Balaban J connectivity index is 1.50. The fraction of sp³-hybridized carbons (Fsp3) is 0.417. The third-order valence-corrected chi connectivity index (χ3v) is 5.31. The van der Waals surface area contributed by atoms with E-state index in [1.807, 2.05) is 18.7 Å². The maximum absolute atomic E-state index is 14.7. The first-order valence-electron chi connectivity index (χ1n) is 11.0. The van der Waals surface area contributed by atoms with Crippen LogP contribution in [0.25, 0.3) is 0 Å². The third-order valence-electron chi connectivity index (χ3n) is 5.31. The summed E-state index contributed by atoms with van der Waals surface area (Å²) < 4.78 is 54.5. The SMILES string of the molecule is COc1cc(C(=O)NCC(=O)NCc2ccc(N3CC(C)OC(C)C3)c(F)c2)ccc1OC(F)F. The number of alkyl halides is 2. The molecule has 2 aromatic carbocycles. The van der Waals surface area contributed by atoms with Crippen molar-refractivity contribution >= 4 is 17.5 Å². The Morgan fingerprint density at radius 2 is 1.80 bits per heavy atom. The summed E-state index contributed by atoms with van der Waals surface area (Å²) in [6, 6.07) is 8.46. The van der Waals surface area contributed by atoms with E-state index in [0.29, 0.717) is 24.3 Å². The minimum Gasteiger partial charge on any atom is -0.493 e. The lowest BCUT2D eigenvalue weighted by Crippen LogP contribution is -2.45. The summed E-state index contributed by atoms with van der Waals surface area (Å²) in [6.07, 6.45) is -0.00496. The molecule has 35 heavy (non-hydrogen) atoms. The van der Waals surface area contributed by atoms with Gasteiger partial charge in [0.1, 0.15) is 5.82 Å². The standard InChI is InChI=1S/C24H28F3N3O5/c1-14-12-30(13-15(2)34-14)19-6-4-16(8-18(19)25)10-28-22(31)11-29-23(32)17-5-7-20(35-24(26)27)21(9-17)33-3/h4-9,14-15,24H,10-13H2,1-3H3,(H,28,31)(H,29,32). The molecular weight excluding hydrogens is 467 g/mol. The number of halogens is 3. The molecule has 2 unspecified atom stereocenters. The number of anilines is 1. The highest BCUT2D eigenvalue weighted by atomic mass is 19.3. The molecule has 2 atom stereocenters. The number of methoxy groups -OCH3 is 1. The number of carbonyl (C=O) groups excluding carboxylic acids is 2. The van der Waals surface area contributed by atoms with Gasteiger partial charge < -0.3 is 29.7 Å². The van der Waals surface area contributed by atoms with Crippen molar-refractivity contribution < 1.29 is 37.0 Å². The Morgan fingerprint density at radius 1 is 1.09 bits per heavy atom. The fourth-order valence-electron chi connectivity index (χ4n) is 3.82. The molecule has 2 N–H and O–H groups in total. The van der Waals surface area contributed by atoms with Crippen LogP contribution in [0.3, 0.4) is 0 Å². The van der Waals surface area contributed by atoms with Gasteiger partial charge in [-0.05, 0) is 49.7 Å². The van der Waals surface area contributed by atoms with E-state index in [0.717, 1.165) is 0 Å². The summed E-state index contributed by atoms with van der Waals surface area (Å²) in [7, 11) is 1.25. The summed E-state index contributed by atoms with van der Waals surface area (Å²) in [5.74, 6) is -1.74. The number of hydrogen-bond acceptors (Lipinski definition) is 6. The first-order chi connectivity index (χ1) is 16.7. The van der Waals surface area contributed by atoms with E-state index < -0.39 is 18.4 Å². The van der Waals surface area contributed by atoms with E-state index in [2.05, 4.69) is 15.4 Å². The van der Waals surface area contributed by atoms with Crippen molar-refractivity contribution in [3.63, 3.8) is 0 Å². The van der Waals surface area contributed by atoms with Crippen LogP contribution in [0.1, 0.15) is 29.8 Å². The zero-order valence-electron chi connectivity index (χ0n) is 19.6. The van der Waals surface area contributed by atoms with E-state index in [9.17, 15) is 22.8 Å². The molecule has 0 saturated carbocycles. The zero-order chi connectivity index (χ0) is 25.5. The number of ether oxygens (including phenoxy) is 3. The summed E-state index contributed by atoms with van der Waals surface area (Å²) in [6.45, 7) is 1.77. The average Bonchev–Trinajstić information content (AvgIpc) is 2.80. The Hall–Kier alpha value is -3.47. The average molecular weight is 495 g/mol. The molecule has 1 aliphatic rings. The molecule has 1 fully saturated rings. The highest BCUT2D eigenvalue weighted by molar-refractivity contribution is 5.97. The maximum atomic E-state index is 14.7. The summed E-state index contributed by atoms with van der Waals surface area (Å²) in [5, 5.41) is 5.05. The van der Waals surface area contributed by atoms with Gasteiger partial charge in [-0.2, -0.15) is 8.78 Å². The molecule has 0 bridgehead atoms. The van der Waals surface area contributed by atoms with Crippen molar-refractivity contribution in [1.29, 1.82) is 0 Å². The molecule has 1 aliphatic heterocycles. The van der Waals surface area contributed by atoms with Crippen LogP contribution in [0.2, 0.25) is 0 Å². The fourth-order valence-corrected chi connectivity index (χ4v) is 3.82. The highest BCUT2D eigenvalue weighted by Gasteiger charge is 2.24. The second kappa shape index (κ2) is 11.8. The van der Waals surface area contributed by atoms with Gasteiger partial charge in [0.25, 0.3) is 5.91 Å². The minimum atomic E-state index is -3.04. The number of nitrogens with zero attached hydrogens (tertiary/aromatic N) is 1. The Kier molecular flexibility index (Phi) is 8.80. The summed E-state index contributed by atoms with van der Waals surface area (Å²) in [5.41, 5.74) is 1.15. The topological polar surface area (TPSA) is 89.1 Å². The number of carbonyl (C=O) groups is 2. The number of nitrogens with one attached hydrogen (secondary N) is 2. The molecule has 1 heterocycles. The van der Waals surface area contributed by atoms with Crippen molar-refractivity contribution in [2.45, 2.75) is 39.2 Å². The molecule has 11 heteroatoms. The number of rotatable bonds is 9. The van der Waals surface area contributed by atoms with E-state index >= 15 is 0 Å². The number of amides is 2. The molecule has 1 saturated heterocycles. The van der Waals surface area contributed by atoms with Gasteiger partial charge in [-0.25, -0.2) is 4.39 Å². The summed E-state index contributed by atoms with van der Waals surface area (Å²) in [4.78, 5) is 26.4. The van der Waals surface area contributed by atoms with Crippen LogP contribution in [0, 0.1) is 5.82 Å². The van der Waals surface area contributed by atoms with Gasteiger partial charge in [0, 0.05) is 25.2 Å². The monoisotopic (exact) mass is 495 g/mol. The van der Waals surface area contributed by atoms with Crippen molar-refractivity contribution in [2.75, 3.05) is 31.6 Å². The maximum Gasteiger partial charge on any atom is 0.387 e. The second-order valence-electron chi connectivity index (χ2n) is 8.15. The van der Waals surface area contributed by atoms with Crippen LogP contribution in [-0.4, -0.2) is 57.4 Å². The van der Waals surface area contributed by atoms with Crippen LogP contribution in [0.4, 0.5) is 18.9 Å². The van der Waals surface area contributed by atoms with Crippen LogP contribution in [0.5, 0.6) is 11.5 Å². The van der Waals surface area contributed by atoms with E-state index in [1.165, 1.54) is 31.4 Å². The second-order valence-corrected chi connectivity index (χ2v) is 8.15. The van der Waals surface area contributed by atoms with Crippen molar-refractivity contribution in [2.24, 2.45) is 0 Å². The molecule has 2 aromatic rings. The largest absolute Gasteiger partial charge is 0.493 e. The first-order valence-corrected chi connectivity index (χ1v) is 11.0. The lowest BCUT2D eigenvalue weighted by atomic mass is 10.1. The molecule has 0 spiro atoms. The van der Waals surface area contributed by atoms with Gasteiger partial charge in [-0.1, -0.05) is 6.07 Å². The van der Waals surface area contributed by atoms with E-state index in [-0.39, 0.29) is 48.2 Å². The van der Waals surface area contributed by atoms with E-state index in [1.54, 1.807) is 12.1 Å². The molecule has 0 radical (unpaired) electrons. The van der Waals surface area contributed by atoms with Gasteiger partial charge in [0.2, 0.25) is 5.91 Å². The van der Waals surface area contributed by atoms with Crippen molar-refractivity contribution in [3.8, 4) is 11.5 Å². The Labute approximate surface area is 201 Å². The van der Waals surface area contributed by atoms with Gasteiger partial charge in [0.15, 0.2) is 11.5 Å².